The van der Waals surface area contributed by atoms with Crippen LogP contribution in [-0.4, -0.2) is 35.1 Å². The number of rotatable bonds is 2. The molecular formula is C10H21NO2. The van der Waals surface area contributed by atoms with Crippen molar-refractivity contribution >= 4 is 0 Å². The molecule has 1 saturated heterocycles. The molecule has 0 aromatic rings. The molecule has 3 nitrogen and oxygen atoms in total. The monoisotopic (exact) mass is 187 g/mol. The Morgan fingerprint density at radius 1 is 1.31 bits per heavy atom. The van der Waals surface area contributed by atoms with Gasteiger partial charge in [0, 0.05) is 12.6 Å². The van der Waals surface area contributed by atoms with E-state index in [1.54, 1.807) is 7.11 Å². The van der Waals surface area contributed by atoms with E-state index >= 15 is 0 Å². The van der Waals surface area contributed by atoms with E-state index < -0.39 is 0 Å². The highest BCUT2D eigenvalue weighted by molar-refractivity contribution is 4.94. The van der Waals surface area contributed by atoms with Gasteiger partial charge in [0.05, 0.1) is 12.1 Å². The minimum atomic E-state index is -0.212. The Hall–Kier alpha value is -0.120. The molecule has 1 fully saturated rings. The van der Waals surface area contributed by atoms with E-state index in [-0.39, 0.29) is 11.1 Å². The van der Waals surface area contributed by atoms with Crippen LogP contribution in [0, 0.1) is 0 Å². The van der Waals surface area contributed by atoms with Crippen molar-refractivity contribution in [2.24, 2.45) is 0 Å². The predicted molar refractivity (Wildman–Crippen MR) is 51.8 cm³/mol. The fourth-order valence-electron chi connectivity index (χ4n) is 2.29. The molecule has 0 saturated carbocycles. The van der Waals surface area contributed by atoms with Crippen LogP contribution in [0.3, 0.4) is 0 Å². The van der Waals surface area contributed by atoms with Crippen LogP contribution in [0.1, 0.15) is 40.0 Å². The highest BCUT2D eigenvalue weighted by atomic mass is 16.5. The fourth-order valence-corrected chi connectivity index (χ4v) is 2.29. The maximum Gasteiger partial charge on any atom is 0.0671 e. The average Bonchev–Trinajstić information content (AvgIpc) is 2.01. The molecule has 0 radical (unpaired) electrons. The summed E-state index contributed by atoms with van der Waals surface area (Å²) in [6.07, 6.45) is 3.20. The van der Waals surface area contributed by atoms with Crippen LogP contribution in [-0.2, 0) is 4.74 Å². The summed E-state index contributed by atoms with van der Waals surface area (Å²) in [5.41, 5.74) is -0.331. The third-order valence-electron chi connectivity index (χ3n) is 3.04. The Labute approximate surface area is 80.6 Å². The lowest BCUT2D eigenvalue weighted by molar-refractivity contribution is -0.257. The molecular weight excluding hydrogens is 166 g/mol. The molecule has 0 aliphatic carbocycles. The zero-order valence-electron chi connectivity index (χ0n) is 9.13. The molecule has 3 heteroatoms. The first kappa shape index (κ1) is 11.0. The zero-order valence-corrected chi connectivity index (χ0v) is 9.13. The smallest absolute Gasteiger partial charge is 0.0671 e. The maximum atomic E-state index is 10.0. The molecule has 0 aromatic heterocycles. The van der Waals surface area contributed by atoms with Crippen molar-refractivity contribution in [1.29, 1.82) is 0 Å². The Bertz CT molecular complexity index is 178. The summed E-state index contributed by atoms with van der Waals surface area (Å²) in [6.45, 7) is 6.78. The van der Waals surface area contributed by atoms with E-state index in [1.807, 2.05) is 0 Å². The van der Waals surface area contributed by atoms with Gasteiger partial charge in [0.2, 0.25) is 0 Å². The van der Waals surface area contributed by atoms with Crippen LogP contribution >= 0.6 is 0 Å². The van der Waals surface area contributed by atoms with Gasteiger partial charge in [-0.25, -0.2) is 0 Å². The van der Waals surface area contributed by atoms with E-state index in [9.17, 15) is 5.21 Å². The van der Waals surface area contributed by atoms with Crippen LogP contribution in [0.2, 0.25) is 0 Å². The fraction of sp³-hybridized carbons (Fsp3) is 1.00. The first-order valence-corrected chi connectivity index (χ1v) is 4.90. The molecule has 1 N–H and O–H groups in total. The summed E-state index contributed by atoms with van der Waals surface area (Å²) in [7, 11) is 1.68. The van der Waals surface area contributed by atoms with Gasteiger partial charge in [-0.05, 0) is 40.0 Å². The van der Waals surface area contributed by atoms with Crippen molar-refractivity contribution in [2.45, 2.75) is 51.1 Å². The van der Waals surface area contributed by atoms with Gasteiger partial charge >= 0.3 is 0 Å². The summed E-state index contributed by atoms with van der Waals surface area (Å²) >= 11 is 0. The topological polar surface area (TPSA) is 32.7 Å². The number of hydrogen-bond donors (Lipinski definition) is 1. The lowest BCUT2D eigenvalue weighted by Gasteiger charge is -2.49. The van der Waals surface area contributed by atoms with Gasteiger partial charge in [0.1, 0.15) is 0 Å². The highest BCUT2D eigenvalue weighted by Gasteiger charge is 2.43. The predicted octanol–water partition coefficient (Wildman–Crippen LogP) is 2.05. The largest absolute Gasteiger partial charge is 0.383 e. The van der Waals surface area contributed by atoms with E-state index in [4.69, 9.17) is 4.74 Å². The van der Waals surface area contributed by atoms with Crippen molar-refractivity contribution in [3.05, 3.63) is 0 Å². The molecule has 0 bridgehead atoms. The van der Waals surface area contributed by atoms with Crippen molar-refractivity contribution < 1.29 is 9.94 Å². The van der Waals surface area contributed by atoms with Crippen molar-refractivity contribution in [2.75, 3.05) is 13.7 Å². The van der Waals surface area contributed by atoms with Crippen LogP contribution < -0.4 is 0 Å². The van der Waals surface area contributed by atoms with Gasteiger partial charge in [-0.3, -0.25) is 0 Å². The molecule has 1 aliphatic rings. The van der Waals surface area contributed by atoms with Gasteiger partial charge in [0.15, 0.2) is 0 Å². The molecule has 1 aliphatic heterocycles. The number of hydrogen-bond acceptors (Lipinski definition) is 3. The summed E-state index contributed by atoms with van der Waals surface area (Å²) in [5.74, 6) is 0. The SMILES string of the molecule is COCC1(C)CCCC(C)(C)N1O. The van der Waals surface area contributed by atoms with Gasteiger partial charge < -0.3 is 9.94 Å². The average molecular weight is 187 g/mol. The van der Waals surface area contributed by atoms with Crippen molar-refractivity contribution in [3.8, 4) is 0 Å². The van der Waals surface area contributed by atoms with Gasteiger partial charge in [-0.2, -0.15) is 5.06 Å². The number of piperidine rings is 1. The Morgan fingerprint density at radius 3 is 2.46 bits per heavy atom. The summed E-state index contributed by atoms with van der Waals surface area (Å²) in [6, 6.07) is 0. The second-order valence-electron chi connectivity index (χ2n) is 4.91. The first-order valence-electron chi connectivity index (χ1n) is 4.90. The highest BCUT2D eigenvalue weighted by Crippen LogP contribution is 2.36. The van der Waals surface area contributed by atoms with Crippen LogP contribution in [0.5, 0.6) is 0 Å². The number of nitrogens with zero attached hydrogens (tertiary/aromatic N) is 1. The number of ether oxygens (including phenoxy) is 1. The minimum absolute atomic E-state index is 0.120. The van der Waals surface area contributed by atoms with Crippen molar-refractivity contribution in [1.82, 2.24) is 5.06 Å². The molecule has 1 rings (SSSR count). The third kappa shape index (κ3) is 2.03. The van der Waals surface area contributed by atoms with Gasteiger partial charge in [0.25, 0.3) is 0 Å². The van der Waals surface area contributed by atoms with Crippen LogP contribution in [0.4, 0.5) is 0 Å². The molecule has 0 spiro atoms. The van der Waals surface area contributed by atoms with E-state index in [1.165, 1.54) is 5.06 Å². The zero-order chi connectivity index (χ0) is 10.1. The quantitative estimate of drug-likeness (QED) is 0.718. The minimum Gasteiger partial charge on any atom is -0.383 e. The lowest BCUT2D eigenvalue weighted by Crippen LogP contribution is -2.60. The molecule has 0 amide bonds. The lowest BCUT2D eigenvalue weighted by atomic mass is 9.81. The summed E-state index contributed by atoms with van der Waals surface area (Å²) in [4.78, 5) is 0. The van der Waals surface area contributed by atoms with Crippen molar-refractivity contribution in [3.63, 3.8) is 0 Å². The second-order valence-corrected chi connectivity index (χ2v) is 4.91. The van der Waals surface area contributed by atoms with Gasteiger partial charge in [-0.15, -0.1) is 0 Å². The van der Waals surface area contributed by atoms with E-state index in [0.717, 1.165) is 19.3 Å². The normalized spacial score (nSPS) is 34.8. The third-order valence-corrected chi connectivity index (χ3v) is 3.04. The number of hydroxylamine groups is 2. The number of methoxy groups -OCH3 is 1. The summed E-state index contributed by atoms with van der Waals surface area (Å²) < 4.78 is 5.15. The molecule has 13 heavy (non-hydrogen) atoms. The van der Waals surface area contributed by atoms with E-state index in [0.29, 0.717) is 6.61 Å². The molecule has 1 unspecified atom stereocenters. The maximum absolute atomic E-state index is 10.0. The Kier molecular flexibility index (Phi) is 3.00. The second kappa shape index (κ2) is 3.56. The molecule has 1 atom stereocenters. The standard InChI is InChI=1S/C10H21NO2/c1-9(2)6-5-7-10(3,8-13-4)11(9)12/h12H,5-8H2,1-4H3. The molecule has 0 aromatic carbocycles. The summed E-state index contributed by atoms with van der Waals surface area (Å²) in [5, 5.41) is 11.5. The Balaban J connectivity index is 2.75. The van der Waals surface area contributed by atoms with Crippen LogP contribution in [0.25, 0.3) is 0 Å². The van der Waals surface area contributed by atoms with Crippen LogP contribution in [0.15, 0.2) is 0 Å². The molecule has 78 valence electrons. The van der Waals surface area contributed by atoms with E-state index in [2.05, 4.69) is 20.8 Å². The first-order chi connectivity index (χ1) is 5.92. The Morgan fingerprint density at radius 2 is 1.92 bits per heavy atom. The van der Waals surface area contributed by atoms with Gasteiger partial charge in [-0.1, -0.05) is 0 Å². The molecule has 1 heterocycles.